The summed E-state index contributed by atoms with van der Waals surface area (Å²) < 4.78 is 32.7. The van der Waals surface area contributed by atoms with Crippen molar-refractivity contribution in [1.82, 2.24) is 0 Å². The monoisotopic (exact) mass is 1110 g/mol. The molecule has 0 radical (unpaired) electrons. The molecule has 8 aromatic carbocycles. The van der Waals surface area contributed by atoms with Gasteiger partial charge in [-0.15, -0.1) is 0 Å². The van der Waals surface area contributed by atoms with Crippen LogP contribution in [0.15, 0.2) is 164 Å². The second-order valence-corrected chi connectivity index (χ2v) is 22.5. The zero-order valence-electron chi connectivity index (χ0n) is 47.3. The molecule has 5 N–H and O–H groups in total. The molecule has 0 aliphatic carbocycles. The molecule has 5 aliphatic heterocycles. The van der Waals surface area contributed by atoms with Crippen LogP contribution < -0.4 is 50.0 Å². The number of rotatable bonds is 10. The highest BCUT2D eigenvalue weighted by Crippen LogP contribution is 2.42. The Morgan fingerprint density at radius 3 is 1.25 bits per heavy atom. The van der Waals surface area contributed by atoms with E-state index in [-0.39, 0.29) is 31.1 Å². The first-order chi connectivity index (χ1) is 39.9. The smallest absolute Gasteiger partial charge is 0.340 e. The van der Waals surface area contributed by atoms with Gasteiger partial charge in [0.15, 0.2) is 23.0 Å². The van der Waals surface area contributed by atoms with Crippen molar-refractivity contribution in [2.75, 3.05) is 64.3 Å². The highest BCUT2D eigenvalue weighted by Gasteiger charge is 2.28. The predicted octanol–water partition coefficient (Wildman–Crippen LogP) is 14.3. The van der Waals surface area contributed by atoms with Crippen LogP contribution in [0.5, 0.6) is 23.0 Å². The molecule has 0 saturated heterocycles. The molecule has 16 nitrogen and oxygen atoms in total. The first-order valence-electron chi connectivity index (χ1n) is 27.7. The fourth-order valence-corrected chi connectivity index (χ4v) is 10.6. The Labute approximate surface area is 482 Å². The van der Waals surface area contributed by atoms with E-state index in [1.165, 1.54) is 33.8 Å². The summed E-state index contributed by atoms with van der Waals surface area (Å²) in [6.07, 6.45) is 2.99. The summed E-state index contributed by atoms with van der Waals surface area (Å²) in [6.45, 7) is 14.2. The van der Waals surface area contributed by atoms with Crippen molar-refractivity contribution in [3.63, 3.8) is 0 Å². The van der Waals surface area contributed by atoms with Gasteiger partial charge in [-0.05, 0) is 175 Å². The van der Waals surface area contributed by atoms with Crippen LogP contribution in [0.3, 0.4) is 0 Å². The number of para-hydroxylation sites is 3. The minimum Gasteiger partial charge on any atom is -0.478 e. The van der Waals surface area contributed by atoms with Gasteiger partial charge in [-0.3, -0.25) is 0 Å². The van der Waals surface area contributed by atoms with Gasteiger partial charge in [0.1, 0.15) is 11.2 Å². The first kappa shape index (κ1) is 55.1. The summed E-state index contributed by atoms with van der Waals surface area (Å²) in [5.74, 6) is 0.996. The molecular weight excluding hydrogens is 1050 g/mol. The van der Waals surface area contributed by atoms with Gasteiger partial charge in [0.25, 0.3) is 0 Å². The fourth-order valence-electron chi connectivity index (χ4n) is 10.6. The molecule has 5 aliphatic rings. The number of carbonyl (C=O) groups excluding carboxylic acids is 2. The lowest BCUT2D eigenvalue weighted by Gasteiger charge is -2.24. The first-order valence-corrected chi connectivity index (χ1v) is 27.7. The molecule has 424 valence electrons. The van der Waals surface area contributed by atoms with E-state index in [9.17, 15) is 19.5 Å². The van der Waals surface area contributed by atoms with Crippen LogP contribution in [-0.2, 0) is 28.7 Å². The van der Waals surface area contributed by atoms with E-state index in [2.05, 4.69) is 79.9 Å². The maximum absolute atomic E-state index is 13.0. The van der Waals surface area contributed by atoms with Crippen LogP contribution in [0.1, 0.15) is 89.3 Å². The second-order valence-electron chi connectivity index (χ2n) is 22.5. The van der Waals surface area contributed by atoms with Gasteiger partial charge < -0.3 is 64.6 Å². The van der Waals surface area contributed by atoms with Crippen molar-refractivity contribution in [3.05, 3.63) is 197 Å². The largest absolute Gasteiger partial charge is 0.478 e. The van der Waals surface area contributed by atoms with E-state index >= 15 is 0 Å². The SMILES string of the molecule is CC(C)(C)OC(=O)c1ccc(N2CCc3ccccc32)cc1N.CC(C)(C)OC(=O)c1ccc(N2CCc3ccccc32)cc1Nc1ccc2c(c1)OCO2.O=C(O)c1ccc(N2CCc3ccccc32)cc1Nc1ccc2c(c1)OCO2. The number of carbonyl (C=O) groups is 3. The van der Waals surface area contributed by atoms with E-state index in [0.717, 1.165) is 67.3 Å². The third-order valence-corrected chi connectivity index (χ3v) is 14.4. The van der Waals surface area contributed by atoms with E-state index in [1.807, 2.05) is 139 Å². The maximum atomic E-state index is 13.0. The van der Waals surface area contributed by atoms with Gasteiger partial charge in [-0.2, -0.15) is 0 Å². The standard InChI is InChI=1S/C26H26N2O4.C22H18N2O4.C19H22N2O2/c1-26(2,3)32-25(29)20-10-9-19(28-13-12-17-6-4-5-7-22(17)28)15-21(20)27-18-8-11-23-24(14-18)31-16-30-23;25-22(26)17-7-6-16(24-10-9-14-3-1-2-4-19(14)24)12-18(17)23-15-5-8-20-21(11-15)28-13-27-20;1-19(2,3)23-18(22)15-9-8-14(12-16(15)20)21-11-10-13-6-4-5-7-17(13)21/h4-11,14-15,27H,12-13,16H2,1-3H3;1-8,11-12,23H,9-10,13H2,(H,25,26);4-9,12H,10-11,20H2,1-3H3. The molecule has 16 heteroatoms. The van der Waals surface area contributed by atoms with E-state index in [4.69, 9.17) is 34.2 Å². The molecule has 0 spiro atoms. The van der Waals surface area contributed by atoms with Crippen LogP contribution in [0, 0.1) is 0 Å². The molecule has 0 unspecified atom stereocenters. The number of ether oxygens (including phenoxy) is 6. The lowest BCUT2D eigenvalue weighted by molar-refractivity contribution is 0.00581. The average molecular weight is 1120 g/mol. The summed E-state index contributed by atoms with van der Waals surface area (Å²) in [6, 6.07) is 52.9. The number of aromatic carboxylic acids is 1. The molecule has 8 aromatic rings. The quantitative estimate of drug-likeness (QED) is 0.0748. The Morgan fingerprint density at radius 2 is 0.831 bits per heavy atom. The molecule has 5 heterocycles. The van der Waals surface area contributed by atoms with E-state index in [0.29, 0.717) is 51.2 Å². The Kier molecular flexibility index (Phi) is 15.2. The zero-order valence-corrected chi connectivity index (χ0v) is 47.3. The number of nitrogens with zero attached hydrogens (tertiary/aromatic N) is 3. The molecular formula is C67H66N6O10. The molecule has 0 fully saturated rings. The van der Waals surface area contributed by atoms with Gasteiger partial charge in [0, 0.05) is 83.0 Å². The van der Waals surface area contributed by atoms with Crippen LogP contribution >= 0.6 is 0 Å². The summed E-state index contributed by atoms with van der Waals surface area (Å²) in [7, 11) is 0. The molecule has 0 atom stereocenters. The van der Waals surface area contributed by atoms with Crippen molar-refractivity contribution < 1.29 is 47.9 Å². The van der Waals surface area contributed by atoms with Crippen LogP contribution in [0.4, 0.5) is 62.6 Å². The summed E-state index contributed by atoms with van der Waals surface area (Å²) in [5, 5.41) is 16.2. The van der Waals surface area contributed by atoms with Gasteiger partial charge in [0.05, 0.1) is 28.1 Å². The maximum Gasteiger partial charge on any atom is 0.340 e. The number of benzene rings is 8. The van der Waals surface area contributed by atoms with Gasteiger partial charge in [-0.25, -0.2) is 14.4 Å². The zero-order chi connectivity index (χ0) is 58.0. The van der Waals surface area contributed by atoms with Crippen molar-refractivity contribution in [2.45, 2.75) is 72.0 Å². The van der Waals surface area contributed by atoms with Gasteiger partial charge >= 0.3 is 17.9 Å². The third kappa shape index (κ3) is 12.4. The summed E-state index contributed by atoms with van der Waals surface area (Å²) in [5.41, 5.74) is 19.8. The second kappa shape index (κ2) is 23.0. The number of nitrogen functional groups attached to an aromatic ring is 1. The lowest BCUT2D eigenvalue weighted by Crippen LogP contribution is -2.24. The normalized spacial score (nSPS) is 14.1. The van der Waals surface area contributed by atoms with Crippen molar-refractivity contribution >= 4 is 80.5 Å². The van der Waals surface area contributed by atoms with Crippen molar-refractivity contribution in [3.8, 4) is 23.0 Å². The van der Waals surface area contributed by atoms with E-state index in [1.54, 1.807) is 12.1 Å². The lowest BCUT2D eigenvalue weighted by atomic mass is 10.1. The number of hydrogen-bond donors (Lipinski definition) is 4. The number of hydrogen-bond acceptors (Lipinski definition) is 15. The number of esters is 2. The molecule has 0 saturated carbocycles. The highest BCUT2D eigenvalue weighted by atomic mass is 16.7. The Balaban J connectivity index is 0.000000132. The van der Waals surface area contributed by atoms with Gasteiger partial charge in [0.2, 0.25) is 13.6 Å². The molecule has 0 aromatic heterocycles. The molecule has 0 amide bonds. The summed E-state index contributed by atoms with van der Waals surface area (Å²) in [4.78, 5) is 43.6. The Hall–Kier alpha value is -9.83. The van der Waals surface area contributed by atoms with Crippen LogP contribution in [0.2, 0.25) is 0 Å². The number of fused-ring (bicyclic) bond motifs is 5. The fraction of sp³-hybridized carbons (Fsp3) is 0.239. The molecule has 83 heavy (non-hydrogen) atoms. The van der Waals surface area contributed by atoms with Gasteiger partial charge in [-0.1, -0.05) is 54.6 Å². The minimum atomic E-state index is -0.975. The number of carboxylic acids is 1. The molecule has 0 bridgehead atoms. The number of nitrogens with one attached hydrogen (secondary N) is 2. The topological polar surface area (TPSA) is 187 Å². The van der Waals surface area contributed by atoms with Crippen molar-refractivity contribution in [2.24, 2.45) is 0 Å². The van der Waals surface area contributed by atoms with E-state index < -0.39 is 17.2 Å². The third-order valence-electron chi connectivity index (χ3n) is 14.4. The summed E-state index contributed by atoms with van der Waals surface area (Å²) >= 11 is 0. The van der Waals surface area contributed by atoms with Crippen LogP contribution in [0.25, 0.3) is 0 Å². The number of anilines is 11. The predicted molar refractivity (Wildman–Crippen MR) is 324 cm³/mol. The molecule has 13 rings (SSSR count). The number of carboxylic acid groups (broad SMARTS) is 1. The van der Waals surface area contributed by atoms with Crippen molar-refractivity contribution in [1.29, 1.82) is 0 Å². The highest BCUT2D eigenvalue weighted by molar-refractivity contribution is 5.99. The van der Waals surface area contributed by atoms with Crippen LogP contribution in [-0.4, -0.2) is 67.4 Å². The Morgan fingerprint density at radius 1 is 0.458 bits per heavy atom. The number of nitrogens with two attached hydrogens (primary N) is 1. The minimum absolute atomic E-state index is 0.197. The Bertz CT molecular complexity index is 3780. The average Bonchev–Trinajstić information content (AvgIpc) is 4.48.